The van der Waals surface area contributed by atoms with Gasteiger partial charge in [-0.3, -0.25) is 4.79 Å². The van der Waals surface area contributed by atoms with E-state index < -0.39 is 10.0 Å². The van der Waals surface area contributed by atoms with Crippen LogP contribution in [-0.2, 0) is 10.0 Å². The third-order valence-corrected chi connectivity index (χ3v) is 5.98. The summed E-state index contributed by atoms with van der Waals surface area (Å²) in [5, 5.41) is 0.133. The number of carbonyl (C=O) groups excluding carboxylic acids is 1. The highest BCUT2D eigenvalue weighted by Crippen LogP contribution is 2.37. The van der Waals surface area contributed by atoms with Gasteiger partial charge in [-0.25, -0.2) is 12.4 Å². The van der Waals surface area contributed by atoms with Crippen molar-refractivity contribution in [3.8, 4) is 11.3 Å². The van der Waals surface area contributed by atoms with Crippen molar-refractivity contribution in [2.45, 2.75) is 11.8 Å². The van der Waals surface area contributed by atoms with Crippen molar-refractivity contribution in [3.63, 3.8) is 0 Å². The van der Waals surface area contributed by atoms with Gasteiger partial charge in [-0.15, -0.1) is 0 Å². The van der Waals surface area contributed by atoms with E-state index in [0.717, 1.165) is 3.97 Å². The van der Waals surface area contributed by atoms with E-state index in [1.807, 2.05) is 6.07 Å². The Morgan fingerprint density at radius 1 is 0.958 bits per heavy atom. The Balaban J connectivity index is 2.39. The number of hydrogen-bond acceptors (Lipinski definition) is 3. The zero-order chi connectivity index (χ0) is 17.3. The van der Waals surface area contributed by atoms with E-state index in [1.54, 1.807) is 49.4 Å². The van der Waals surface area contributed by atoms with Crippen LogP contribution < -0.4 is 0 Å². The largest absolute Gasteiger partial charge is 0.298 e. The molecule has 0 saturated carbocycles. The van der Waals surface area contributed by atoms with Gasteiger partial charge in [-0.05, 0) is 19.1 Å². The minimum atomic E-state index is -3.89. The molecule has 0 fully saturated rings. The second-order valence-corrected chi connectivity index (χ2v) is 7.39. The first-order valence-electron chi connectivity index (χ1n) is 7.20. The normalized spacial score (nSPS) is 11.4. The molecular weight excluding hydrogens is 346 g/mol. The molecule has 0 aliphatic carbocycles. The number of rotatable bonds is 4. The van der Waals surface area contributed by atoms with Crippen LogP contribution in [0.25, 0.3) is 11.3 Å². The number of aldehydes is 1. The van der Waals surface area contributed by atoms with Crippen molar-refractivity contribution in [3.05, 3.63) is 76.9 Å². The Morgan fingerprint density at radius 2 is 1.50 bits per heavy atom. The van der Waals surface area contributed by atoms with Crippen LogP contribution in [0.5, 0.6) is 0 Å². The Kier molecular flexibility index (Phi) is 4.30. The molecule has 0 N–H and O–H groups in total. The molecule has 0 bridgehead atoms. The minimum Gasteiger partial charge on any atom is -0.298 e. The number of nitrogens with zero attached hydrogens (tertiary/aromatic N) is 1. The predicted molar refractivity (Wildman–Crippen MR) is 94.0 cm³/mol. The topological polar surface area (TPSA) is 56.1 Å². The monoisotopic (exact) mass is 359 g/mol. The Hall–Kier alpha value is -2.37. The predicted octanol–water partition coefficient (Wildman–Crippen LogP) is 4.17. The second kappa shape index (κ2) is 6.26. The van der Waals surface area contributed by atoms with Crippen LogP contribution in [-0.4, -0.2) is 18.7 Å². The lowest BCUT2D eigenvalue weighted by Gasteiger charge is -2.13. The summed E-state index contributed by atoms with van der Waals surface area (Å²) in [5.41, 5.74) is 1.38. The maximum absolute atomic E-state index is 13.1. The van der Waals surface area contributed by atoms with Crippen molar-refractivity contribution in [2.75, 3.05) is 0 Å². The molecular formula is C18H14ClNO3S. The van der Waals surface area contributed by atoms with Crippen molar-refractivity contribution in [1.82, 2.24) is 3.97 Å². The summed E-state index contributed by atoms with van der Waals surface area (Å²) in [6.07, 6.45) is 0.584. The number of aromatic nitrogens is 1. The fraction of sp³-hybridized carbons (Fsp3) is 0.0556. The van der Waals surface area contributed by atoms with Crippen LogP contribution in [0, 0.1) is 6.92 Å². The SMILES string of the molecule is Cc1c(C=O)c(Cl)c(-c2ccccc2)n1S(=O)(=O)c1ccccc1. The van der Waals surface area contributed by atoms with Crippen LogP contribution in [0.2, 0.25) is 5.02 Å². The molecule has 1 heterocycles. The van der Waals surface area contributed by atoms with Crippen LogP contribution in [0.15, 0.2) is 65.6 Å². The highest BCUT2D eigenvalue weighted by Gasteiger charge is 2.28. The lowest BCUT2D eigenvalue weighted by molar-refractivity contribution is 0.112. The summed E-state index contributed by atoms with van der Waals surface area (Å²) >= 11 is 6.35. The van der Waals surface area contributed by atoms with E-state index in [0.29, 0.717) is 17.5 Å². The van der Waals surface area contributed by atoms with Gasteiger partial charge in [-0.2, -0.15) is 0 Å². The van der Waals surface area contributed by atoms with Gasteiger partial charge in [0.2, 0.25) is 0 Å². The van der Waals surface area contributed by atoms with Crippen molar-refractivity contribution < 1.29 is 13.2 Å². The molecule has 0 radical (unpaired) electrons. The van der Waals surface area contributed by atoms with Crippen LogP contribution in [0.1, 0.15) is 16.1 Å². The van der Waals surface area contributed by atoms with Crippen LogP contribution in [0.4, 0.5) is 0 Å². The van der Waals surface area contributed by atoms with E-state index in [1.165, 1.54) is 12.1 Å². The number of benzene rings is 2. The Labute approximate surface area is 145 Å². The molecule has 2 aromatic carbocycles. The smallest absolute Gasteiger partial charge is 0.268 e. The molecule has 0 spiro atoms. The quantitative estimate of drug-likeness (QED) is 0.657. The van der Waals surface area contributed by atoms with Gasteiger partial charge in [0.15, 0.2) is 6.29 Å². The fourth-order valence-corrected chi connectivity index (χ4v) is 4.66. The average molecular weight is 360 g/mol. The lowest BCUT2D eigenvalue weighted by atomic mass is 10.1. The zero-order valence-corrected chi connectivity index (χ0v) is 14.4. The first kappa shape index (κ1) is 16.5. The first-order chi connectivity index (χ1) is 11.5. The van der Waals surface area contributed by atoms with Gasteiger partial charge in [0.25, 0.3) is 10.0 Å². The second-order valence-electron chi connectivity index (χ2n) is 5.23. The fourth-order valence-electron chi connectivity index (χ4n) is 2.63. The Bertz CT molecular complexity index is 994. The molecule has 1 aromatic heterocycles. The molecule has 122 valence electrons. The van der Waals surface area contributed by atoms with Crippen LogP contribution >= 0.6 is 11.6 Å². The third-order valence-electron chi connectivity index (χ3n) is 3.79. The molecule has 4 nitrogen and oxygen atoms in total. The van der Waals surface area contributed by atoms with E-state index in [9.17, 15) is 13.2 Å². The summed E-state index contributed by atoms with van der Waals surface area (Å²) < 4.78 is 27.4. The van der Waals surface area contributed by atoms with Crippen LogP contribution in [0.3, 0.4) is 0 Å². The molecule has 0 saturated heterocycles. The van der Waals surface area contributed by atoms with Crippen molar-refractivity contribution in [2.24, 2.45) is 0 Å². The number of hydrogen-bond donors (Lipinski definition) is 0. The van der Waals surface area contributed by atoms with Gasteiger partial charge in [0, 0.05) is 11.3 Å². The summed E-state index contributed by atoms with van der Waals surface area (Å²) in [4.78, 5) is 11.5. The Morgan fingerprint density at radius 3 is 2.04 bits per heavy atom. The standard InChI is InChI=1S/C18H14ClNO3S/c1-13-16(12-21)17(19)18(14-8-4-2-5-9-14)20(13)24(22,23)15-10-6-3-7-11-15/h2-12H,1H3. The molecule has 3 aromatic rings. The van der Waals surface area contributed by atoms with Gasteiger partial charge in [0.1, 0.15) is 0 Å². The van der Waals surface area contributed by atoms with Crippen molar-refractivity contribution >= 4 is 27.9 Å². The minimum absolute atomic E-state index is 0.133. The first-order valence-corrected chi connectivity index (χ1v) is 9.02. The highest BCUT2D eigenvalue weighted by molar-refractivity contribution is 7.90. The molecule has 0 unspecified atom stereocenters. The molecule has 0 amide bonds. The van der Waals surface area contributed by atoms with E-state index in [-0.39, 0.29) is 21.2 Å². The third kappa shape index (κ3) is 2.56. The maximum Gasteiger partial charge on any atom is 0.268 e. The summed E-state index contributed by atoms with van der Waals surface area (Å²) in [7, 11) is -3.89. The molecule has 24 heavy (non-hydrogen) atoms. The van der Waals surface area contributed by atoms with E-state index in [2.05, 4.69) is 0 Å². The maximum atomic E-state index is 13.1. The van der Waals surface area contributed by atoms with Gasteiger partial charge < -0.3 is 0 Å². The molecule has 0 aliphatic rings. The molecule has 6 heteroatoms. The zero-order valence-electron chi connectivity index (χ0n) is 12.8. The number of halogens is 1. The summed E-state index contributed by atoms with van der Waals surface area (Å²) in [6, 6.07) is 17.0. The molecule has 0 aliphatic heterocycles. The summed E-state index contributed by atoms with van der Waals surface area (Å²) in [5.74, 6) is 0. The molecule has 3 rings (SSSR count). The molecule has 0 atom stereocenters. The number of carbonyl (C=O) groups is 1. The lowest BCUT2D eigenvalue weighted by Crippen LogP contribution is -2.16. The van der Waals surface area contributed by atoms with Gasteiger partial charge in [0.05, 0.1) is 21.2 Å². The van der Waals surface area contributed by atoms with E-state index in [4.69, 9.17) is 11.6 Å². The summed E-state index contributed by atoms with van der Waals surface area (Å²) in [6.45, 7) is 1.57. The highest BCUT2D eigenvalue weighted by atomic mass is 35.5. The van der Waals surface area contributed by atoms with Gasteiger partial charge in [-0.1, -0.05) is 60.1 Å². The van der Waals surface area contributed by atoms with E-state index >= 15 is 0 Å². The van der Waals surface area contributed by atoms with Gasteiger partial charge >= 0.3 is 0 Å². The average Bonchev–Trinajstić information content (AvgIpc) is 2.87. The van der Waals surface area contributed by atoms with Crippen molar-refractivity contribution in [1.29, 1.82) is 0 Å².